The van der Waals surface area contributed by atoms with Crippen molar-refractivity contribution in [3.8, 4) is 5.88 Å². The van der Waals surface area contributed by atoms with Crippen LogP contribution in [0, 0.1) is 0 Å². The Morgan fingerprint density at radius 2 is 2.13 bits per heavy atom. The number of fused-ring (bicyclic) bond motifs is 1. The minimum atomic E-state index is -0.711. The molecule has 78 valence electrons. The molecule has 2 heterocycles. The van der Waals surface area contributed by atoms with Crippen LogP contribution in [0.15, 0.2) is 12.1 Å². The van der Waals surface area contributed by atoms with Crippen molar-refractivity contribution in [2.75, 3.05) is 6.61 Å². The van der Waals surface area contributed by atoms with Gasteiger partial charge in [-0.25, -0.2) is 14.6 Å². The Bertz CT molecular complexity index is 427. The molecule has 1 aliphatic heterocycles. The Morgan fingerprint density at radius 1 is 1.33 bits per heavy atom. The van der Waals surface area contributed by atoms with Gasteiger partial charge in [-0.3, -0.25) is 0 Å². The highest BCUT2D eigenvalue weighted by molar-refractivity contribution is 6.13. The largest absolute Gasteiger partial charge is 0.478 e. The number of nitrogens with zero attached hydrogens (tertiary/aromatic N) is 1. The highest BCUT2D eigenvalue weighted by Crippen LogP contribution is 2.20. The van der Waals surface area contributed by atoms with Crippen molar-refractivity contribution < 1.29 is 19.1 Å². The number of ether oxygens (including phenoxy) is 2. The van der Waals surface area contributed by atoms with Gasteiger partial charge >= 0.3 is 11.9 Å². The smallest absolute Gasteiger partial charge is 0.365 e. The summed E-state index contributed by atoms with van der Waals surface area (Å²) < 4.78 is 9.63. The van der Waals surface area contributed by atoms with Crippen molar-refractivity contribution in [1.29, 1.82) is 0 Å². The lowest BCUT2D eigenvalue weighted by Crippen LogP contribution is -2.02. The normalized spacial score (nSPS) is 13.7. The molecule has 1 aromatic rings. The summed E-state index contributed by atoms with van der Waals surface area (Å²) in [6, 6.07) is 3.04. The summed E-state index contributed by atoms with van der Waals surface area (Å²) >= 11 is 0. The van der Waals surface area contributed by atoms with E-state index in [2.05, 4.69) is 9.72 Å². The van der Waals surface area contributed by atoms with E-state index in [1.165, 1.54) is 6.07 Å². The number of esters is 2. The topological polar surface area (TPSA) is 65.5 Å². The molecule has 0 fully saturated rings. The second kappa shape index (κ2) is 3.68. The van der Waals surface area contributed by atoms with E-state index in [9.17, 15) is 9.59 Å². The maximum Gasteiger partial charge on any atom is 0.365 e. The van der Waals surface area contributed by atoms with Gasteiger partial charge in [-0.15, -0.1) is 0 Å². The second-order valence-electron chi connectivity index (χ2n) is 3.07. The van der Waals surface area contributed by atoms with Crippen molar-refractivity contribution in [1.82, 2.24) is 4.98 Å². The molecule has 0 saturated heterocycles. The lowest BCUT2D eigenvalue weighted by molar-refractivity contribution is 0.0441. The van der Waals surface area contributed by atoms with E-state index in [0.717, 1.165) is 6.42 Å². The van der Waals surface area contributed by atoms with E-state index in [1.807, 2.05) is 6.92 Å². The zero-order valence-corrected chi connectivity index (χ0v) is 8.15. The molecule has 0 atom stereocenters. The Hall–Kier alpha value is -1.91. The first-order valence-electron chi connectivity index (χ1n) is 4.62. The Balaban J connectivity index is 2.30. The van der Waals surface area contributed by atoms with Crippen LogP contribution in [0.2, 0.25) is 0 Å². The summed E-state index contributed by atoms with van der Waals surface area (Å²) in [7, 11) is 0. The Morgan fingerprint density at radius 3 is 2.87 bits per heavy atom. The summed E-state index contributed by atoms with van der Waals surface area (Å²) in [5, 5.41) is 0. The predicted octanol–water partition coefficient (Wildman–Crippen LogP) is 1.18. The number of carbonyl (C=O) groups is 2. The van der Waals surface area contributed by atoms with Crippen molar-refractivity contribution in [2.45, 2.75) is 13.3 Å². The van der Waals surface area contributed by atoms with Gasteiger partial charge in [0, 0.05) is 6.07 Å². The minimum Gasteiger partial charge on any atom is -0.478 e. The Labute approximate surface area is 86.0 Å². The minimum absolute atomic E-state index is 0.0357. The highest BCUT2D eigenvalue weighted by Gasteiger charge is 2.31. The molecule has 1 aromatic heterocycles. The van der Waals surface area contributed by atoms with E-state index in [-0.39, 0.29) is 11.3 Å². The number of hydrogen-bond donors (Lipinski definition) is 0. The van der Waals surface area contributed by atoms with Crippen molar-refractivity contribution in [3.63, 3.8) is 0 Å². The van der Waals surface area contributed by atoms with Crippen LogP contribution >= 0.6 is 0 Å². The van der Waals surface area contributed by atoms with Gasteiger partial charge in [-0.1, -0.05) is 6.92 Å². The van der Waals surface area contributed by atoms with Crippen LogP contribution in [-0.2, 0) is 4.74 Å². The maximum absolute atomic E-state index is 11.1. The van der Waals surface area contributed by atoms with Gasteiger partial charge in [0.25, 0.3) is 0 Å². The zero-order valence-electron chi connectivity index (χ0n) is 8.15. The summed E-state index contributed by atoms with van der Waals surface area (Å²) in [6.45, 7) is 2.49. The molecular weight excluding hydrogens is 198 g/mol. The number of carbonyl (C=O) groups excluding carboxylic acids is 2. The summed E-state index contributed by atoms with van der Waals surface area (Å²) in [6.07, 6.45) is 0.849. The van der Waals surface area contributed by atoms with Gasteiger partial charge in [-0.2, -0.15) is 0 Å². The monoisotopic (exact) mass is 207 g/mol. The molecule has 0 bridgehead atoms. The second-order valence-corrected chi connectivity index (χ2v) is 3.07. The van der Waals surface area contributed by atoms with Gasteiger partial charge < -0.3 is 9.47 Å². The first-order chi connectivity index (χ1) is 7.22. The van der Waals surface area contributed by atoms with Crippen LogP contribution in [0.3, 0.4) is 0 Å². The molecule has 5 nitrogen and oxygen atoms in total. The molecule has 2 rings (SSSR count). The van der Waals surface area contributed by atoms with Gasteiger partial charge in [0.1, 0.15) is 0 Å². The van der Waals surface area contributed by atoms with Crippen LogP contribution in [0.1, 0.15) is 34.2 Å². The molecule has 15 heavy (non-hydrogen) atoms. The third-order valence-corrected chi connectivity index (χ3v) is 1.92. The van der Waals surface area contributed by atoms with E-state index in [1.54, 1.807) is 6.07 Å². The van der Waals surface area contributed by atoms with Crippen molar-refractivity contribution >= 4 is 11.9 Å². The third-order valence-electron chi connectivity index (χ3n) is 1.92. The summed E-state index contributed by atoms with van der Waals surface area (Å²) in [4.78, 5) is 26.1. The number of aromatic nitrogens is 1. The molecule has 0 aliphatic carbocycles. The van der Waals surface area contributed by atoms with E-state index < -0.39 is 11.9 Å². The number of pyridine rings is 1. The van der Waals surface area contributed by atoms with Crippen LogP contribution < -0.4 is 4.74 Å². The van der Waals surface area contributed by atoms with Crippen LogP contribution in [0.25, 0.3) is 0 Å². The van der Waals surface area contributed by atoms with Gasteiger partial charge in [0.15, 0.2) is 5.69 Å². The van der Waals surface area contributed by atoms with Gasteiger partial charge in [0.2, 0.25) is 5.88 Å². The first kappa shape index (κ1) is 9.64. The maximum atomic E-state index is 11.1. The molecular formula is C10H9NO4. The fourth-order valence-electron chi connectivity index (χ4n) is 1.24. The molecule has 0 unspecified atom stereocenters. The fourth-order valence-corrected chi connectivity index (χ4v) is 1.24. The number of rotatable bonds is 3. The average Bonchev–Trinajstić information content (AvgIpc) is 2.52. The van der Waals surface area contributed by atoms with E-state index in [4.69, 9.17) is 4.74 Å². The van der Waals surface area contributed by atoms with Crippen molar-refractivity contribution in [2.24, 2.45) is 0 Å². The molecule has 0 saturated carbocycles. The molecule has 5 heteroatoms. The standard InChI is InChI=1S/C10H9NO4/c1-2-5-14-7-4-3-6-8(11-7)10(13)15-9(6)12/h3-4H,2,5H2,1H3. The van der Waals surface area contributed by atoms with Gasteiger partial charge in [-0.05, 0) is 12.5 Å². The van der Waals surface area contributed by atoms with Gasteiger partial charge in [0.05, 0.1) is 12.2 Å². The number of hydrogen-bond acceptors (Lipinski definition) is 5. The lowest BCUT2D eigenvalue weighted by Gasteiger charge is -2.02. The quantitative estimate of drug-likeness (QED) is 0.550. The van der Waals surface area contributed by atoms with Crippen LogP contribution in [0.4, 0.5) is 0 Å². The molecule has 0 spiro atoms. The Kier molecular flexibility index (Phi) is 2.37. The van der Waals surface area contributed by atoms with E-state index >= 15 is 0 Å². The lowest BCUT2D eigenvalue weighted by atomic mass is 10.2. The van der Waals surface area contributed by atoms with E-state index in [0.29, 0.717) is 12.5 Å². The molecule has 0 aromatic carbocycles. The predicted molar refractivity (Wildman–Crippen MR) is 49.8 cm³/mol. The molecule has 1 aliphatic rings. The van der Waals surface area contributed by atoms with Crippen LogP contribution in [-0.4, -0.2) is 23.5 Å². The van der Waals surface area contributed by atoms with Crippen molar-refractivity contribution in [3.05, 3.63) is 23.4 Å². The highest BCUT2D eigenvalue weighted by atomic mass is 16.6. The first-order valence-corrected chi connectivity index (χ1v) is 4.62. The molecule has 0 amide bonds. The SMILES string of the molecule is CCCOc1ccc2c(n1)C(=O)OC2=O. The summed E-state index contributed by atoms with van der Waals surface area (Å²) in [5.74, 6) is -1.02. The molecule has 0 radical (unpaired) electrons. The van der Waals surface area contributed by atoms with Crippen LogP contribution in [0.5, 0.6) is 5.88 Å². The zero-order chi connectivity index (χ0) is 10.8. The average molecular weight is 207 g/mol. The summed E-state index contributed by atoms with van der Waals surface area (Å²) in [5.41, 5.74) is 0.234. The molecule has 0 N–H and O–H groups in total. The fraction of sp³-hybridized carbons (Fsp3) is 0.300. The number of cyclic esters (lactones) is 2. The third kappa shape index (κ3) is 1.68.